The monoisotopic (exact) mass is 336 g/mol. The SMILES string of the molecule is CCN1CCN(c2ccc(C)cc2)CC1C1OCCc2ccccc21. The lowest BCUT2D eigenvalue weighted by Crippen LogP contribution is -2.56. The number of likely N-dealkylation sites (N-methyl/N-ethyl adjacent to an activating group) is 1. The summed E-state index contributed by atoms with van der Waals surface area (Å²) in [5.74, 6) is 0. The van der Waals surface area contributed by atoms with E-state index in [9.17, 15) is 0 Å². The molecule has 0 radical (unpaired) electrons. The smallest absolute Gasteiger partial charge is 0.1000 e. The van der Waals surface area contributed by atoms with Crippen LogP contribution in [0.2, 0.25) is 0 Å². The fourth-order valence-corrected chi connectivity index (χ4v) is 4.26. The van der Waals surface area contributed by atoms with Gasteiger partial charge in [-0.05, 0) is 43.1 Å². The topological polar surface area (TPSA) is 15.7 Å². The van der Waals surface area contributed by atoms with Crippen LogP contribution >= 0.6 is 0 Å². The summed E-state index contributed by atoms with van der Waals surface area (Å²) in [4.78, 5) is 5.12. The van der Waals surface area contributed by atoms with Gasteiger partial charge >= 0.3 is 0 Å². The number of hydrogen-bond donors (Lipinski definition) is 0. The zero-order valence-electron chi connectivity index (χ0n) is 15.3. The van der Waals surface area contributed by atoms with E-state index in [1.807, 2.05) is 0 Å². The maximum Gasteiger partial charge on any atom is 0.1000 e. The van der Waals surface area contributed by atoms with Gasteiger partial charge in [-0.15, -0.1) is 0 Å². The molecule has 4 rings (SSSR count). The third-order valence-corrected chi connectivity index (χ3v) is 5.72. The highest BCUT2D eigenvalue weighted by molar-refractivity contribution is 5.48. The van der Waals surface area contributed by atoms with Crippen molar-refractivity contribution in [3.8, 4) is 0 Å². The fourth-order valence-electron chi connectivity index (χ4n) is 4.26. The van der Waals surface area contributed by atoms with Crippen LogP contribution in [0.5, 0.6) is 0 Å². The van der Waals surface area contributed by atoms with E-state index >= 15 is 0 Å². The lowest BCUT2D eigenvalue weighted by molar-refractivity contribution is -0.0265. The van der Waals surface area contributed by atoms with Crippen molar-refractivity contribution in [3.05, 3.63) is 65.2 Å². The number of fused-ring (bicyclic) bond motifs is 1. The summed E-state index contributed by atoms with van der Waals surface area (Å²) in [6.45, 7) is 9.53. The number of ether oxygens (including phenoxy) is 1. The molecule has 0 aromatic heterocycles. The van der Waals surface area contributed by atoms with Crippen LogP contribution in [-0.4, -0.2) is 43.7 Å². The second kappa shape index (κ2) is 7.19. The Balaban J connectivity index is 1.61. The Morgan fingerprint density at radius 3 is 2.64 bits per heavy atom. The normalized spacial score (nSPS) is 24.2. The van der Waals surface area contributed by atoms with Gasteiger partial charge in [-0.3, -0.25) is 4.90 Å². The minimum Gasteiger partial charge on any atom is -0.371 e. The third-order valence-electron chi connectivity index (χ3n) is 5.72. The van der Waals surface area contributed by atoms with Crippen molar-refractivity contribution in [2.24, 2.45) is 0 Å². The maximum atomic E-state index is 6.31. The Labute approximate surface area is 151 Å². The van der Waals surface area contributed by atoms with Gasteiger partial charge in [0.05, 0.1) is 18.8 Å². The highest BCUT2D eigenvalue weighted by atomic mass is 16.5. The van der Waals surface area contributed by atoms with Crippen LogP contribution in [0.4, 0.5) is 5.69 Å². The quantitative estimate of drug-likeness (QED) is 0.847. The van der Waals surface area contributed by atoms with Crippen LogP contribution < -0.4 is 4.90 Å². The van der Waals surface area contributed by atoms with Crippen molar-refractivity contribution in [1.29, 1.82) is 0 Å². The molecular weight excluding hydrogens is 308 g/mol. The number of aryl methyl sites for hydroxylation is 1. The zero-order chi connectivity index (χ0) is 17.2. The van der Waals surface area contributed by atoms with Crippen LogP contribution in [0, 0.1) is 6.92 Å². The minimum absolute atomic E-state index is 0.179. The molecule has 0 bridgehead atoms. The Morgan fingerprint density at radius 2 is 1.84 bits per heavy atom. The average Bonchev–Trinajstić information content (AvgIpc) is 2.67. The number of rotatable bonds is 3. The molecule has 25 heavy (non-hydrogen) atoms. The molecule has 2 aliphatic rings. The highest BCUT2D eigenvalue weighted by Gasteiger charge is 2.36. The van der Waals surface area contributed by atoms with Crippen LogP contribution in [0.1, 0.15) is 29.7 Å². The predicted octanol–water partition coefficient (Wildman–Crippen LogP) is 3.82. The fraction of sp³-hybridized carbons (Fsp3) is 0.455. The molecule has 2 aliphatic heterocycles. The molecule has 2 aromatic carbocycles. The summed E-state index contributed by atoms with van der Waals surface area (Å²) in [5.41, 5.74) is 5.50. The van der Waals surface area contributed by atoms with Gasteiger partial charge in [-0.2, -0.15) is 0 Å². The Kier molecular flexibility index (Phi) is 4.78. The van der Waals surface area contributed by atoms with Crippen LogP contribution in [0.15, 0.2) is 48.5 Å². The van der Waals surface area contributed by atoms with E-state index in [2.05, 4.69) is 72.2 Å². The van der Waals surface area contributed by atoms with E-state index in [1.54, 1.807) is 0 Å². The summed E-state index contributed by atoms with van der Waals surface area (Å²) >= 11 is 0. The van der Waals surface area contributed by atoms with E-state index in [-0.39, 0.29) is 6.10 Å². The molecule has 0 saturated carbocycles. The summed E-state index contributed by atoms with van der Waals surface area (Å²) in [6, 6.07) is 18.2. The van der Waals surface area contributed by atoms with Gasteiger partial charge in [-0.25, -0.2) is 0 Å². The van der Waals surface area contributed by atoms with Crippen molar-refractivity contribution >= 4 is 5.69 Å². The van der Waals surface area contributed by atoms with Gasteiger partial charge in [0, 0.05) is 25.3 Å². The standard InChI is InChI=1S/C22H28N2O/c1-3-23-13-14-24(19-10-8-17(2)9-11-19)16-21(23)22-20-7-5-4-6-18(20)12-15-25-22/h4-11,21-22H,3,12-16H2,1-2H3. The van der Waals surface area contributed by atoms with Crippen molar-refractivity contribution in [2.45, 2.75) is 32.4 Å². The Bertz CT molecular complexity index is 712. The van der Waals surface area contributed by atoms with E-state index in [0.717, 1.165) is 39.2 Å². The first-order valence-corrected chi connectivity index (χ1v) is 9.51. The first kappa shape index (κ1) is 16.6. The minimum atomic E-state index is 0.179. The average molecular weight is 336 g/mol. The number of piperazine rings is 1. The number of nitrogens with zero attached hydrogens (tertiary/aromatic N) is 2. The molecule has 132 valence electrons. The summed E-state index contributed by atoms with van der Waals surface area (Å²) in [6.07, 6.45) is 1.21. The molecule has 1 fully saturated rings. The Morgan fingerprint density at radius 1 is 1.04 bits per heavy atom. The second-order valence-corrected chi connectivity index (χ2v) is 7.22. The molecule has 2 atom stereocenters. The van der Waals surface area contributed by atoms with Crippen LogP contribution in [0.25, 0.3) is 0 Å². The lowest BCUT2D eigenvalue weighted by atomic mass is 9.91. The van der Waals surface area contributed by atoms with Crippen molar-refractivity contribution < 1.29 is 4.74 Å². The Hall–Kier alpha value is -1.84. The van der Waals surface area contributed by atoms with Crippen molar-refractivity contribution in [3.63, 3.8) is 0 Å². The molecule has 3 heteroatoms. The summed E-state index contributed by atoms with van der Waals surface area (Å²) in [7, 11) is 0. The summed E-state index contributed by atoms with van der Waals surface area (Å²) in [5, 5.41) is 0. The van der Waals surface area contributed by atoms with Gasteiger partial charge in [0.25, 0.3) is 0 Å². The van der Waals surface area contributed by atoms with E-state index in [1.165, 1.54) is 22.4 Å². The van der Waals surface area contributed by atoms with E-state index < -0.39 is 0 Å². The molecule has 2 heterocycles. The molecule has 0 N–H and O–H groups in total. The summed E-state index contributed by atoms with van der Waals surface area (Å²) < 4.78 is 6.31. The molecule has 1 saturated heterocycles. The molecule has 0 amide bonds. The van der Waals surface area contributed by atoms with Gasteiger partial charge in [0.1, 0.15) is 0 Å². The third kappa shape index (κ3) is 3.31. The second-order valence-electron chi connectivity index (χ2n) is 7.22. The van der Waals surface area contributed by atoms with Gasteiger partial charge in [0.15, 0.2) is 0 Å². The van der Waals surface area contributed by atoms with Gasteiger partial charge in [0.2, 0.25) is 0 Å². The molecular formula is C22H28N2O. The molecule has 3 nitrogen and oxygen atoms in total. The first-order valence-electron chi connectivity index (χ1n) is 9.51. The van der Waals surface area contributed by atoms with E-state index in [0.29, 0.717) is 6.04 Å². The number of hydrogen-bond acceptors (Lipinski definition) is 3. The molecule has 2 unspecified atom stereocenters. The van der Waals surface area contributed by atoms with Crippen molar-refractivity contribution in [2.75, 3.05) is 37.7 Å². The van der Waals surface area contributed by atoms with E-state index in [4.69, 9.17) is 4.74 Å². The highest BCUT2D eigenvalue weighted by Crippen LogP contribution is 2.34. The van der Waals surface area contributed by atoms with Gasteiger partial charge < -0.3 is 9.64 Å². The number of anilines is 1. The lowest BCUT2D eigenvalue weighted by Gasteiger charge is -2.46. The first-order chi connectivity index (χ1) is 12.3. The van der Waals surface area contributed by atoms with Crippen LogP contribution in [-0.2, 0) is 11.2 Å². The van der Waals surface area contributed by atoms with Gasteiger partial charge in [-0.1, -0.05) is 48.9 Å². The largest absolute Gasteiger partial charge is 0.371 e. The maximum absolute atomic E-state index is 6.31. The molecule has 0 spiro atoms. The predicted molar refractivity (Wildman–Crippen MR) is 103 cm³/mol. The van der Waals surface area contributed by atoms with Crippen molar-refractivity contribution in [1.82, 2.24) is 4.90 Å². The molecule has 0 aliphatic carbocycles. The number of benzene rings is 2. The zero-order valence-corrected chi connectivity index (χ0v) is 15.3. The van der Waals surface area contributed by atoms with Crippen LogP contribution in [0.3, 0.4) is 0 Å². The molecule has 2 aromatic rings.